The molecular weight excluding hydrogens is 240 g/mol. The Labute approximate surface area is 112 Å². The van der Waals surface area contributed by atoms with Crippen LogP contribution in [0.4, 0.5) is 0 Å². The molecule has 4 heteroatoms. The Bertz CT molecular complexity index is 627. The zero-order valence-corrected chi connectivity index (χ0v) is 11.6. The fourth-order valence-corrected chi connectivity index (χ4v) is 2.04. The third-order valence-electron chi connectivity index (χ3n) is 3.70. The molecule has 0 bridgehead atoms. The van der Waals surface area contributed by atoms with Crippen LogP contribution in [-0.2, 0) is 5.41 Å². The van der Waals surface area contributed by atoms with Crippen molar-refractivity contribution in [3.8, 4) is 0 Å². The number of aromatic carboxylic acids is 1. The van der Waals surface area contributed by atoms with Crippen molar-refractivity contribution in [3.05, 3.63) is 52.3 Å². The van der Waals surface area contributed by atoms with E-state index in [-0.39, 0.29) is 11.1 Å². The van der Waals surface area contributed by atoms with Gasteiger partial charge in [-0.15, -0.1) is 0 Å². The Morgan fingerprint density at radius 2 is 1.89 bits per heavy atom. The predicted octanol–water partition coefficient (Wildman–Crippen LogP) is 3.05. The molecule has 1 heterocycles. The van der Waals surface area contributed by atoms with E-state index >= 15 is 0 Å². The topological polar surface area (TPSA) is 66.0 Å². The first kappa shape index (κ1) is 13.3. The quantitative estimate of drug-likeness (QED) is 0.889. The largest absolute Gasteiger partial charge is 0.476 e. The first-order valence-corrected chi connectivity index (χ1v) is 6.19. The third kappa shape index (κ3) is 2.38. The molecule has 0 radical (unpaired) electrons. The van der Waals surface area contributed by atoms with Gasteiger partial charge < -0.3 is 5.11 Å². The first-order chi connectivity index (χ1) is 8.82. The van der Waals surface area contributed by atoms with Gasteiger partial charge in [0.05, 0.1) is 0 Å². The maximum atomic E-state index is 10.9. The predicted molar refractivity (Wildman–Crippen MR) is 73.6 cm³/mol. The number of nitrogens with one attached hydrogen (secondary N) is 1. The fraction of sp³-hybridized carbons (Fsp3) is 0.333. The summed E-state index contributed by atoms with van der Waals surface area (Å²) in [5.74, 6) is -1.02. The number of nitrogens with zero attached hydrogens (tertiary/aromatic N) is 1. The monoisotopic (exact) mass is 258 g/mol. The second kappa shape index (κ2) is 4.53. The summed E-state index contributed by atoms with van der Waals surface area (Å²) < 4.78 is 0. The van der Waals surface area contributed by atoms with E-state index in [4.69, 9.17) is 5.11 Å². The molecule has 4 nitrogen and oxygen atoms in total. The summed E-state index contributed by atoms with van der Waals surface area (Å²) in [6.07, 6.45) is 0. The zero-order chi connectivity index (χ0) is 14.2. The number of carboxylic acids is 1. The normalized spacial score (nSPS) is 11.6. The van der Waals surface area contributed by atoms with Gasteiger partial charge in [-0.05, 0) is 36.6 Å². The van der Waals surface area contributed by atoms with Crippen LogP contribution in [0.25, 0.3) is 0 Å². The van der Waals surface area contributed by atoms with Crippen LogP contribution in [-0.4, -0.2) is 21.3 Å². The lowest BCUT2D eigenvalue weighted by Crippen LogP contribution is -2.19. The highest BCUT2D eigenvalue weighted by molar-refractivity contribution is 5.85. The molecule has 0 spiro atoms. The van der Waals surface area contributed by atoms with Crippen LogP contribution in [0, 0.1) is 13.8 Å². The molecule has 0 aliphatic carbocycles. The molecule has 0 atom stereocenters. The number of carboxylic acid groups (broad SMARTS) is 1. The number of aryl methyl sites for hydroxylation is 2. The van der Waals surface area contributed by atoms with E-state index in [1.165, 1.54) is 11.1 Å². The van der Waals surface area contributed by atoms with E-state index in [1.807, 2.05) is 0 Å². The van der Waals surface area contributed by atoms with Gasteiger partial charge in [0.1, 0.15) is 0 Å². The van der Waals surface area contributed by atoms with Crippen LogP contribution in [0.5, 0.6) is 0 Å². The lowest BCUT2D eigenvalue weighted by Gasteiger charge is -2.24. The number of aromatic amines is 1. The maximum Gasteiger partial charge on any atom is 0.356 e. The number of hydrogen-bond acceptors (Lipinski definition) is 2. The Kier molecular flexibility index (Phi) is 3.18. The number of carbonyl (C=O) groups is 1. The average Bonchev–Trinajstić information content (AvgIpc) is 2.82. The second-order valence-electron chi connectivity index (χ2n) is 5.40. The van der Waals surface area contributed by atoms with Gasteiger partial charge >= 0.3 is 5.97 Å². The average molecular weight is 258 g/mol. The molecule has 0 aliphatic heterocycles. The Hall–Kier alpha value is -2.10. The van der Waals surface area contributed by atoms with Crippen LogP contribution >= 0.6 is 0 Å². The van der Waals surface area contributed by atoms with Gasteiger partial charge in [-0.25, -0.2) is 4.79 Å². The van der Waals surface area contributed by atoms with E-state index in [0.29, 0.717) is 0 Å². The highest BCUT2D eigenvalue weighted by Crippen LogP contribution is 2.31. The molecule has 2 N–H and O–H groups in total. The molecule has 0 aliphatic rings. The summed E-state index contributed by atoms with van der Waals surface area (Å²) in [6, 6.07) is 7.89. The van der Waals surface area contributed by atoms with Crippen molar-refractivity contribution in [3.63, 3.8) is 0 Å². The van der Waals surface area contributed by atoms with Gasteiger partial charge in [-0.1, -0.05) is 32.0 Å². The van der Waals surface area contributed by atoms with E-state index in [0.717, 1.165) is 11.3 Å². The highest BCUT2D eigenvalue weighted by atomic mass is 16.4. The molecule has 0 amide bonds. The smallest absolute Gasteiger partial charge is 0.356 e. The number of hydrogen-bond donors (Lipinski definition) is 2. The fourth-order valence-electron chi connectivity index (χ4n) is 2.04. The molecular formula is C15H18N2O2. The van der Waals surface area contributed by atoms with Crippen LogP contribution in [0.3, 0.4) is 0 Å². The van der Waals surface area contributed by atoms with Gasteiger partial charge in [-0.2, -0.15) is 5.10 Å². The lowest BCUT2D eigenvalue weighted by molar-refractivity contribution is 0.0690. The maximum absolute atomic E-state index is 10.9. The van der Waals surface area contributed by atoms with E-state index < -0.39 is 5.97 Å². The van der Waals surface area contributed by atoms with Crippen molar-refractivity contribution in [2.24, 2.45) is 0 Å². The summed E-state index contributed by atoms with van der Waals surface area (Å²) in [5, 5.41) is 15.6. The van der Waals surface area contributed by atoms with Gasteiger partial charge in [0.2, 0.25) is 0 Å². The van der Waals surface area contributed by atoms with E-state index in [9.17, 15) is 4.79 Å². The van der Waals surface area contributed by atoms with Crippen molar-refractivity contribution in [1.82, 2.24) is 10.2 Å². The lowest BCUT2D eigenvalue weighted by atomic mass is 9.80. The molecule has 2 aromatic rings. The molecule has 1 aromatic carbocycles. The summed E-state index contributed by atoms with van der Waals surface area (Å²) in [7, 11) is 0. The summed E-state index contributed by atoms with van der Waals surface area (Å²) in [6.45, 7) is 8.25. The third-order valence-corrected chi connectivity index (χ3v) is 3.70. The molecule has 0 saturated carbocycles. The van der Waals surface area contributed by atoms with Crippen molar-refractivity contribution in [2.75, 3.05) is 0 Å². The van der Waals surface area contributed by atoms with Gasteiger partial charge in [0.25, 0.3) is 0 Å². The molecule has 0 unspecified atom stereocenters. The molecule has 2 rings (SSSR count). The van der Waals surface area contributed by atoms with Crippen molar-refractivity contribution >= 4 is 5.97 Å². The van der Waals surface area contributed by atoms with Crippen LogP contribution in [0.1, 0.15) is 46.7 Å². The van der Waals surface area contributed by atoms with Crippen LogP contribution < -0.4 is 0 Å². The minimum absolute atomic E-state index is 0.0481. The van der Waals surface area contributed by atoms with Gasteiger partial charge in [0, 0.05) is 11.1 Å². The van der Waals surface area contributed by atoms with Crippen molar-refractivity contribution < 1.29 is 9.90 Å². The molecule has 0 saturated heterocycles. The molecule has 1 aromatic heterocycles. The number of aromatic nitrogens is 2. The number of H-pyrrole nitrogens is 1. The van der Waals surface area contributed by atoms with Crippen molar-refractivity contribution in [1.29, 1.82) is 0 Å². The van der Waals surface area contributed by atoms with E-state index in [2.05, 4.69) is 56.1 Å². The number of rotatable bonds is 3. The molecule has 100 valence electrons. The highest BCUT2D eigenvalue weighted by Gasteiger charge is 2.26. The van der Waals surface area contributed by atoms with Gasteiger partial charge in [-0.3, -0.25) is 5.10 Å². The summed E-state index contributed by atoms with van der Waals surface area (Å²) >= 11 is 0. The Morgan fingerprint density at radius 1 is 1.21 bits per heavy atom. The summed E-state index contributed by atoms with van der Waals surface area (Å²) in [4.78, 5) is 10.9. The van der Waals surface area contributed by atoms with Crippen LogP contribution in [0.15, 0.2) is 24.3 Å². The van der Waals surface area contributed by atoms with Crippen LogP contribution in [0.2, 0.25) is 0 Å². The number of benzene rings is 1. The van der Waals surface area contributed by atoms with E-state index in [1.54, 1.807) is 6.07 Å². The van der Waals surface area contributed by atoms with Gasteiger partial charge in [0.15, 0.2) is 5.69 Å². The molecule has 19 heavy (non-hydrogen) atoms. The standard InChI is InChI=1S/C15H18N2O2/c1-9-5-6-11(7-10(9)2)15(3,4)13-8-12(14(18)19)16-17-13/h5-8H,1-4H3,(H,16,17)(H,18,19). The second-order valence-corrected chi connectivity index (χ2v) is 5.40. The minimum Gasteiger partial charge on any atom is -0.476 e. The first-order valence-electron chi connectivity index (χ1n) is 6.19. The Morgan fingerprint density at radius 3 is 2.42 bits per heavy atom. The zero-order valence-electron chi connectivity index (χ0n) is 11.6. The SMILES string of the molecule is Cc1ccc(C(C)(C)c2cc(C(=O)O)n[nH]2)cc1C. The Balaban J connectivity index is 2.45. The molecule has 0 fully saturated rings. The summed E-state index contributed by atoms with van der Waals surface area (Å²) in [5.41, 5.74) is 4.15. The van der Waals surface area contributed by atoms with Crippen molar-refractivity contribution in [2.45, 2.75) is 33.1 Å². The minimum atomic E-state index is -1.02.